The van der Waals surface area contributed by atoms with E-state index in [0.29, 0.717) is 11.0 Å². The van der Waals surface area contributed by atoms with Gasteiger partial charge in [0.25, 0.3) is 0 Å². The van der Waals surface area contributed by atoms with Crippen LogP contribution in [0.4, 0.5) is 5.69 Å². The largest absolute Gasteiger partial charge is 0.389 e. The van der Waals surface area contributed by atoms with Crippen LogP contribution < -0.4 is 10.6 Å². The Hall–Kier alpha value is -1.13. The van der Waals surface area contributed by atoms with Crippen LogP contribution in [0.15, 0.2) is 24.3 Å². The quantitative estimate of drug-likeness (QED) is 0.770. The van der Waals surface area contributed by atoms with Crippen molar-refractivity contribution in [2.45, 2.75) is 26.3 Å². The number of nitrogens with zero attached hydrogens (tertiary/aromatic N) is 1. The van der Waals surface area contributed by atoms with Gasteiger partial charge in [0.1, 0.15) is 4.99 Å². The molecule has 18 heavy (non-hydrogen) atoms. The van der Waals surface area contributed by atoms with Crippen LogP contribution in [-0.4, -0.2) is 31.3 Å². The minimum Gasteiger partial charge on any atom is -0.389 e. The summed E-state index contributed by atoms with van der Waals surface area (Å²) in [6.45, 7) is 6.02. The van der Waals surface area contributed by atoms with E-state index in [1.807, 2.05) is 12.1 Å². The number of rotatable bonds is 7. The minimum absolute atomic E-state index is 0.438. The molecule has 0 aliphatic carbocycles. The Labute approximate surface area is 115 Å². The van der Waals surface area contributed by atoms with E-state index in [1.165, 1.54) is 5.69 Å². The number of thiocarbonyl (C=S) groups is 1. The van der Waals surface area contributed by atoms with E-state index in [1.54, 1.807) is 7.11 Å². The number of hydrogen-bond acceptors (Lipinski definition) is 3. The number of ether oxygens (including phenoxy) is 1. The molecule has 4 heteroatoms. The lowest BCUT2D eigenvalue weighted by molar-refractivity contribution is 0.203. The molecule has 3 nitrogen and oxygen atoms in total. The Balaban J connectivity index is 2.87. The third kappa shape index (κ3) is 3.96. The third-order valence-electron chi connectivity index (χ3n) is 3.14. The van der Waals surface area contributed by atoms with Gasteiger partial charge in [0, 0.05) is 30.9 Å². The predicted octanol–water partition coefficient (Wildman–Crippen LogP) is 2.57. The van der Waals surface area contributed by atoms with E-state index in [0.717, 1.165) is 25.1 Å². The molecule has 0 fully saturated rings. The molecule has 1 atom stereocenters. The molecule has 2 N–H and O–H groups in total. The molecule has 1 rings (SSSR count). The highest BCUT2D eigenvalue weighted by molar-refractivity contribution is 7.80. The summed E-state index contributed by atoms with van der Waals surface area (Å²) in [6, 6.07) is 8.56. The van der Waals surface area contributed by atoms with Gasteiger partial charge in [0.2, 0.25) is 0 Å². The van der Waals surface area contributed by atoms with Crippen molar-refractivity contribution in [2.75, 3.05) is 25.2 Å². The molecule has 0 saturated carbocycles. The third-order valence-corrected chi connectivity index (χ3v) is 3.38. The minimum atomic E-state index is 0.438. The van der Waals surface area contributed by atoms with Crippen molar-refractivity contribution in [1.82, 2.24) is 0 Å². The van der Waals surface area contributed by atoms with E-state index in [4.69, 9.17) is 22.7 Å². The van der Waals surface area contributed by atoms with Gasteiger partial charge >= 0.3 is 0 Å². The van der Waals surface area contributed by atoms with Crippen LogP contribution in [0.5, 0.6) is 0 Å². The summed E-state index contributed by atoms with van der Waals surface area (Å²) in [5, 5.41) is 0. The number of hydrogen-bond donors (Lipinski definition) is 1. The Morgan fingerprint density at radius 1 is 1.39 bits per heavy atom. The zero-order valence-corrected chi connectivity index (χ0v) is 12.2. The van der Waals surface area contributed by atoms with Crippen molar-refractivity contribution in [3.8, 4) is 0 Å². The number of anilines is 1. The Kier molecular flexibility index (Phi) is 6.09. The van der Waals surface area contributed by atoms with Crippen molar-refractivity contribution in [3.05, 3.63) is 29.8 Å². The monoisotopic (exact) mass is 266 g/mol. The van der Waals surface area contributed by atoms with Gasteiger partial charge in [-0.25, -0.2) is 0 Å². The Morgan fingerprint density at radius 2 is 2.00 bits per heavy atom. The molecule has 0 amide bonds. The second kappa shape index (κ2) is 7.34. The van der Waals surface area contributed by atoms with Crippen LogP contribution in [0.25, 0.3) is 0 Å². The van der Waals surface area contributed by atoms with Crippen molar-refractivity contribution < 1.29 is 4.74 Å². The highest BCUT2D eigenvalue weighted by Gasteiger charge is 2.12. The number of nitrogens with two attached hydrogens (primary N) is 1. The second-order valence-electron chi connectivity index (χ2n) is 4.35. The molecule has 0 radical (unpaired) electrons. The van der Waals surface area contributed by atoms with Gasteiger partial charge in [-0.2, -0.15) is 0 Å². The van der Waals surface area contributed by atoms with E-state index < -0.39 is 0 Å². The second-order valence-corrected chi connectivity index (χ2v) is 4.79. The normalized spacial score (nSPS) is 12.2. The van der Waals surface area contributed by atoms with Gasteiger partial charge in [0.15, 0.2) is 0 Å². The molecule has 1 aromatic carbocycles. The van der Waals surface area contributed by atoms with Gasteiger partial charge in [-0.3, -0.25) is 0 Å². The molecule has 0 saturated heterocycles. The van der Waals surface area contributed by atoms with Crippen LogP contribution in [0, 0.1) is 0 Å². The van der Waals surface area contributed by atoms with Crippen molar-refractivity contribution in [2.24, 2.45) is 5.73 Å². The van der Waals surface area contributed by atoms with E-state index in [9.17, 15) is 0 Å². The maximum absolute atomic E-state index is 5.60. The smallest absolute Gasteiger partial charge is 0.103 e. The number of benzene rings is 1. The van der Waals surface area contributed by atoms with Crippen LogP contribution in [0.3, 0.4) is 0 Å². The summed E-state index contributed by atoms with van der Waals surface area (Å²) >= 11 is 4.96. The van der Waals surface area contributed by atoms with E-state index >= 15 is 0 Å². The van der Waals surface area contributed by atoms with Crippen LogP contribution in [0.2, 0.25) is 0 Å². The fourth-order valence-corrected chi connectivity index (χ4v) is 1.97. The Morgan fingerprint density at radius 3 is 2.44 bits per heavy atom. The summed E-state index contributed by atoms with van der Waals surface area (Å²) in [7, 11) is 1.73. The first-order chi connectivity index (χ1) is 8.60. The van der Waals surface area contributed by atoms with Crippen LogP contribution in [-0.2, 0) is 4.74 Å². The fraction of sp³-hybridized carbons (Fsp3) is 0.500. The SMILES string of the molecule is CCC(C)N(CCOC)c1ccc(C(N)=S)cc1. The van der Waals surface area contributed by atoms with Crippen molar-refractivity contribution in [1.29, 1.82) is 0 Å². The molecule has 0 aliphatic rings. The molecule has 100 valence electrons. The van der Waals surface area contributed by atoms with Crippen molar-refractivity contribution in [3.63, 3.8) is 0 Å². The molecule has 0 heterocycles. The van der Waals surface area contributed by atoms with Crippen LogP contribution in [0.1, 0.15) is 25.8 Å². The zero-order valence-electron chi connectivity index (χ0n) is 11.3. The zero-order chi connectivity index (χ0) is 13.5. The molecule has 0 aliphatic heterocycles. The topological polar surface area (TPSA) is 38.5 Å². The van der Waals surface area contributed by atoms with Crippen molar-refractivity contribution >= 4 is 22.9 Å². The lowest BCUT2D eigenvalue weighted by Gasteiger charge is -2.30. The van der Waals surface area contributed by atoms with Gasteiger partial charge in [-0.1, -0.05) is 19.1 Å². The lowest BCUT2D eigenvalue weighted by atomic mass is 10.1. The van der Waals surface area contributed by atoms with Gasteiger partial charge < -0.3 is 15.4 Å². The van der Waals surface area contributed by atoms with Crippen LogP contribution >= 0.6 is 12.2 Å². The predicted molar refractivity (Wildman–Crippen MR) is 81.3 cm³/mol. The Bertz CT molecular complexity index is 378. The van der Waals surface area contributed by atoms with E-state index in [2.05, 4.69) is 30.9 Å². The maximum Gasteiger partial charge on any atom is 0.103 e. The van der Waals surface area contributed by atoms with Gasteiger partial charge in [-0.15, -0.1) is 0 Å². The average Bonchev–Trinajstić information content (AvgIpc) is 2.39. The molecule has 0 bridgehead atoms. The summed E-state index contributed by atoms with van der Waals surface area (Å²) in [5.41, 5.74) is 7.69. The maximum atomic E-state index is 5.60. The first-order valence-electron chi connectivity index (χ1n) is 6.25. The lowest BCUT2D eigenvalue weighted by Crippen LogP contribution is -2.35. The summed E-state index contributed by atoms with van der Waals surface area (Å²) in [6.07, 6.45) is 1.10. The molecule has 0 spiro atoms. The molecule has 1 unspecified atom stereocenters. The molecular formula is C14H22N2OS. The molecule has 1 aromatic rings. The summed E-state index contributed by atoms with van der Waals surface area (Å²) in [5.74, 6) is 0. The first-order valence-corrected chi connectivity index (χ1v) is 6.66. The summed E-state index contributed by atoms with van der Waals surface area (Å²) in [4.78, 5) is 2.78. The summed E-state index contributed by atoms with van der Waals surface area (Å²) < 4.78 is 5.17. The molecular weight excluding hydrogens is 244 g/mol. The van der Waals surface area contributed by atoms with E-state index in [-0.39, 0.29) is 0 Å². The fourth-order valence-electron chi connectivity index (χ4n) is 1.83. The van der Waals surface area contributed by atoms with Gasteiger partial charge in [-0.05, 0) is 37.6 Å². The number of methoxy groups -OCH3 is 1. The average molecular weight is 266 g/mol. The molecule has 0 aromatic heterocycles. The van der Waals surface area contributed by atoms with Gasteiger partial charge in [0.05, 0.1) is 6.61 Å². The first kappa shape index (κ1) is 14.9. The standard InChI is InChI=1S/C14H22N2OS/c1-4-11(2)16(9-10-17-3)13-7-5-12(6-8-13)14(15)18/h5-8,11H,4,9-10H2,1-3H3,(H2,15,18). The highest BCUT2D eigenvalue weighted by Crippen LogP contribution is 2.19. The highest BCUT2D eigenvalue weighted by atomic mass is 32.1.